The Morgan fingerprint density at radius 1 is 1.11 bits per heavy atom. The first-order valence-electron chi connectivity index (χ1n) is 7.86. The van der Waals surface area contributed by atoms with E-state index in [9.17, 15) is 19.7 Å². The number of anilines is 1. The average Bonchev–Trinajstić information content (AvgIpc) is 2.64. The van der Waals surface area contributed by atoms with Crippen molar-refractivity contribution in [3.8, 4) is 11.5 Å². The quantitative estimate of drug-likeness (QED) is 0.346. The van der Waals surface area contributed by atoms with Crippen molar-refractivity contribution in [2.75, 3.05) is 19.5 Å². The topological polar surface area (TPSA) is 108 Å². The van der Waals surface area contributed by atoms with Crippen molar-refractivity contribution in [3.63, 3.8) is 0 Å². The van der Waals surface area contributed by atoms with Gasteiger partial charge in [-0.25, -0.2) is 0 Å². The lowest BCUT2D eigenvalue weighted by Gasteiger charge is -2.08. The minimum absolute atomic E-state index is 0.198. The van der Waals surface area contributed by atoms with Gasteiger partial charge in [0, 0.05) is 18.2 Å². The number of allylic oxidation sites excluding steroid dienone is 1. The molecule has 0 radical (unpaired) electrons. The molecule has 1 N–H and O–H groups in total. The number of ether oxygens (including phenoxy) is 2. The first-order valence-corrected chi connectivity index (χ1v) is 7.86. The number of methoxy groups -OCH3 is 2. The summed E-state index contributed by atoms with van der Waals surface area (Å²) in [6, 6.07) is 9.05. The van der Waals surface area contributed by atoms with E-state index in [1.807, 2.05) is 0 Å². The first kappa shape index (κ1) is 19.6. The van der Waals surface area contributed by atoms with Crippen molar-refractivity contribution in [1.82, 2.24) is 0 Å². The second kappa shape index (κ2) is 8.61. The van der Waals surface area contributed by atoms with Crippen LogP contribution in [0.1, 0.15) is 22.8 Å². The molecule has 0 fully saturated rings. The van der Waals surface area contributed by atoms with E-state index in [-0.39, 0.29) is 28.7 Å². The van der Waals surface area contributed by atoms with Gasteiger partial charge in [-0.3, -0.25) is 19.7 Å². The maximum absolute atomic E-state index is 12.4. The summed E-state index contributed by atoms with van der Waals surface area (Å²) in [5, 5.41) is 13.9. The van der Waals surface area contributed by atoms with E-state index in [4.69, 9.17) is 9.47 Å². The summed E-state index contributed by atoms with van der Waals surface area (Å²) in [5.74, 6) is -0.0964. The molecular formula is C19H18N2O6. The second-order valence-electron chi connectivity index (χ2n) is 5.48. The maximum Gasteiger partial charge on any atom is 0.280 e. The fourth-order valence-corrected chi connectivity index (χ4v) is 2.39. The largest absolute Gasteiger partial charge is 0.493 e. The molecular weight excluding hydrogens is 352 g/mol. The fourth-order valence-electron chi connectivity index (χ4n) is 2.39. The molecule has 1 amide bonds. The summed E-state index contributed by atoms with van der Waals surface area (Å²) in [5.41, 5.74) is 0.798. The van der Waals surface area contributed by atoms with E-state index in [1.165, 1.54) is 51.5 Å². The Hall–Kier alpha value is -3.68. The molecule has 2 aromatic carbocycles. The first-order chi connectivity index (χ1) is 12.8. The van der Waals surface area contributed by atoms with Gasteiger partial charge in [-0.05, 0) is 30.4 Å². The van der Waals surface area contributed by atoms with Crippen molar-refractivity contribution in [3.05, 3.63) is 63.7 Å². The van der Waals surface area contributed by atoms with Crippen LogP contribution in [0.25, 0.3) is 6.08 Å². The number of ketones is 1. The van der Waals surface area contributed by atoms with Crippen molar-refractivity contribution in [2.24, 2.45) is 0 Å². The summed E-state index contributed by atoms with van der Waals surface area (Å²) in [4.78, 5) is 34.2. The van der Waals surface area contributed by atoms with E-state index in [1.54, 1.807) is 18.2 Å². The maximum atomic E-state index is 12.4. The van der Waals surface area contributed by atoms with Crippen LogP contribution in [0.5, 0.6) is 11.5 Å². The van der Waals surface area contributed by atoms with Crippen LogP contribution >= 0.6 is 0 Å². The number of nitro groups is 1. The lowest BCUT2D eigenvalue weighted by atomic mass is 10.1. The Labute approximate surface area is 155 Å². The van der Waals surface area contributed by atoms with Crippen LogP contribution in [0.3, 0.4) is 0 Å². The van der Waals surface area contributed by atoms with Crippen LogP contribution in [0, 0.1) is 10.1 Å². The number of carbonyl (C=O) groups excluding carboxylic acids is 2. The van der Waals surface area contributed by atoms with Crippen LogP contribution in [0.4, 0.5) is 11.4 Å². The number of amides is 1. The van der Waals surface area contributed by atoms with Gasteiger partial charge in [0.2, 0.25) is 5.91 Å². The highest BCUT2D eigenvalue weighted by Gasteiger charge is 2.18. The monoisotopic (exact) mass is 370 g/mol. The molecule has 0 aliphatic heterocycles. The van der Waals surface area contributed by atoms with Gasteiger partial charge in [0.25, 0.3) is 5.69 Å². The van der Waals surface area contributed by atoms with E-state index >= 15 is 0 Å². The predicted molar refractivity (Wildman–Crippen MR) is 100 cm³/mol. The van der Waals surface area contributed by atoms with Gasteiger partial charge in [-0.2, -0.15) is 0 Å². The molecule has 140 valence electrons. The normalized spacial score (nSPS) is 10.5. The number of nitro benzene ring substituents is 1. The minimum atomic E-state index is -0.566. The standard InChI is InChI=1S/C19H18N2O6/c1-12(22)20-15-6-4-5-14(9-15)17(23)8-7-13-10-18(26-2)19(27-3)11-16(13)21(24)25/h4-11H,1-3H3,(H,20,22). The van der Waals surface area contributed by atoms with Crippen LogP contribution in [-0.4, -0.2) is 30.8 Å². The molecule has 0 aromatic heterocycles. The highest BCUT2D eigenvalue weighted by Crippen LogP contribution is 2.35. The molecule has 0 spiro atoms. The van der Waals surface area contributed by atoms with Gasteiger partial charge in [0.15, 0.2) is 17.3 Å². The van der Waals surface area contributed by atoms with Crippen LogP contribution in [0.2, 0.25) is 0 Å². The SMILES string of the molecule is COc1cc(C=CC(=O)c2cccc(NC(C)=O)c2)c([N+](=O)[O-])cc1OC. The van der Waals surface area contributed by atoms with Crippen molar-refractivity contribution >= 4 is 29.1 Å². The summed E-state index contributed by atoms with van der Waals surface area (Å²) in [6.07, 6.45) is 2.56. The summed E-state index contributed by atoms with van der Waals surface area (Å²) >= 11 is 0. The molecule has 27 heavy (non-hydrogen) atoms. The minimum Gasteiger partial charge on any atom is -0.493 e. The molecule has 0 aliphatic rings. The highest BCUT2D eigenvalue weighted by atomic mass is 16.6. The Bertz CT molecular complexity index is 920. The van der Waals surface area contributed by atoms with Gasteiger partial charge < -0.3 is 14.8 Å². The molecule has 0 heterocycles. The zero-order valence-electron chi connectivity index (χ0n) is 15.0. The fraction of sp³-hybridized carbons (Fsp3) is 0.158. The van der Waals surface area contributed by atoms with Crippen molar-refractivity contribution in [1.29, 1.82) is 0 Å². The lowest BCUT2D eigenvalue weighted by molar-refractivity contribution is -0.385. The molecule has 0 unspecified atom stereocenters. The van der Waals surface area contributed by atoms with Gasteiger partial charge in [0.1, 0.15) is 0 Å². The molecule has 2 aromatic rings. The Kier molecular flexibility index (Phi) is 6.27. The Morgan fingerprint density at radius 3 is 2.37 bits per heavy atom. The number of carbonyl (C=O) groups is 2. The van der Waals surface area contributed by atoms with Crippen molar-refractivity contribution in [2.45, 2.75) is 6.92 Å². The number of benzene rings is 2. The zero-order valence-corrected chi connectivity index (χ0v) is 15.0. The third-order valence-electron chi connectivity index (χ3n) is 3.61. The van der Waals surface area contributed by atoms with Crippen molar-refractivity contribution < 1.29 is 24.0 Å². The Morgan fingerprint density at radius 2 is 1.78 bits per heavy atom. The summed E-state index contributed by atoms with van der Waals surface area (Å²) in [7, 11) is 2.79. The van der Waals surface area contributed by atoms with Gasteiger partial charge in [-0.1, -0.05) is 12.1 Å². The van der Waals surface area contributed by atoms with E-state index < -0.39 is 4.92 Å². The molecule has 0 saturated heterocycles. The van der Waals surface area contributed by atoms with Crippen LogP contribution in [-0.2, 0) is 4.79 Å². The molecule has 0 aliphatic carbocycles. The number of hydrogen-bond acceptors (Lipinski definition) is 6. The summed E-state index contributed by atoms with van der Waals surface area (Å²) < 4.78 is 10.2. The highest BCUT2D eigenvalue weighted by molar-refractivity contribution is 6.08. The number of nitrogens with zero attached hydrogens (tertiary/aromatic N) is 1. The zero-order chi connectivity index (χ0) is 20.0. The predicted octanol–water partition coefficient (Wildman–Crippen LogP) is 3.47. The number of rotatable bonds is 7. The third-order valence-corrected chi connectivity index (χ3v) is 3.61. The lowest BCUT2D eigenvalue weighted by Crippen LogP contribution is -2.06. The van der Waals surface area contributed by atoms with Crippen LogP contribution < -0.4 is 14.8 Å². The third kappa shape index (κ3) is 4.91. The Balaban J connectivity index is 2.35. The number of nitrogens with one attached hydrogen (secondary N) is 1. The number of hydrogen-bond donors (Lipinski definition) is 1. The average molecular weight is 370 g/mol. The molecule has 2 rings (SSSR count). The van der Waals surface area contributed by atoms with Crippen LogP contribution in [0.15, 0.2) is 42.5 Å². The molecule has 8 nitrogen and oxygen atoms in total. The van der Waals surface area contributed by atoms with E-state index in [2.05, 4.69) is 5.32 Å². The van der Waals surface area contributed by atoms with E-state index in [0.717, 1.165) is 0 Å². The van der Waals surface area contributed by atoms with E-state index in [0.29, 0.717) is 17.0 Å². The molecule has 0 bridgehead atoms. The van der Waals surface area contributed by atoms with Gasteiger partial charge >= 0.3 is 0 Å². The molecule has 0 saturated carbocycles. The summed E-state index contributed by atoms with van der Waals surface area (Å²) in [6.45, 7) is 1.37. The smallest absolute Gasteiger partial charge is 0.280 e. The molecule has 0 atom stereocenters. The van der Waals surface area contributed by atoms with Gasteiger partial charge in [-0.15, -0.1) is 0 Å². The second-order valence-corrected chi connectivity index (χ2v) is 5.48. The van der Waals surface area contributed by atoms with Gasteiger partial charge in [0.05, 0.1) is 30.8 Å². The molecule has 8 heteroatoms.